The molecule has 0 radical (unpaired) electrons. The molecule has 0 amide bonds. The van der Waals surface area contributed by atoms with Crippen LogP contribution in [0, 0.1) is 0 Å². The summed E-state index contributed by atoms with van der Waals surface area (Å²) in [7, 11) is 0. The van der Waals surface area contributed by atoms with Gasteiger partial charge in [0.2, 0.25) is 0 Å². The van der Waals surface area contributed by atoms with Crippen LogP contribution in [-0.4, -0.2) is 38.6 Å². The predicted molar refractivity (Wildman–Crippen MR) is 108 cm³/mol. The number of benzene rings is 2. The molecule has 0 aromatic heterocycles. The zero-order valence-corrected chi connectivity index (χ0v) is 15.8. The van der Waals surface area contributed by atoms with Crippen molar-refractivity contribution in [1.82, 2.24) is 0 Å². The Hall–Kier alpha value is -2.56. The lowest BCUT2D eigenvalue weighted by Gasteiger charge is -2.17. The summed E-state index contributed by atoms with van der Waals surface area (Å²) in [5.74, 6) is 2.21. The standard InChI is InChI=1S/C24H24O4/c1-2-18(20-7-11-22(12-8-20)26-14-24-16-28-24)4-3-17(1)19-5-9-21(10-6-19)25-13-23-15-27-23/h1-3,5-12,18,23-24H,4,13-16H2. The van der Waals surface area contributed by atoms with E-state index < -0.39 is 0 Å². The largest absolute Gasteiger partial charge is 0.491 e. The SMILES string of the molecule is C1=CC(c2ccc(OCC3CO3)cc2)CC=C1c1ccc(OCC2CO2)cc1. The molecule has 0 saturated carbocycles. The highest BCUT2D eigenvalue weighted by atomic mass is 16.6. The molecular formula is C24H24O4. The average Bonchev–Trinajstić information content (AvgIpc) is 3.67. The van der Waals surface area contributed by atoms with Crippen molar-refractivity contribution in [3.63, 3.8) is 0 Å². The van der Waals surface area contributed by atoms with Gasteiger partial charge in [-0.15, -0.1) is 0 Å². The fourth-order valence-corrected chi connectivity index (χ4v) is 3.34. The fraction of sp³-hybridized carbons (Fsp3) is 0.333. The Kier molecular flexibility index (Phi) is 4.90. The van der Waals surface area contributed by atoms with Gasteiger partial charge in [-0.25, -0.2) is 0 Å². The van der Waals surface area contributed by atoms with Crippen molar-refractivity contribution in [2.45, 2.75) is 24.5 Å². The maximum atomic E-state index is 5.72. The summed E-state index contributed by atoms with van der Waals surface area (Å²) in [5, 5.41) is 0. The number of hydrogen-bond donors (Lipinski definition) is 0. The number of hydrogen-bond acceptors (Lipinski definition) is 4. The quantitative estimate of drug-likeness (QED) is 0.642. The van der Waals surface area contributed by atoms with Crippen molar-refractivity contribution < 1.29 is 18.9 Å². The van der Waals surface area contributed by atoms with E-state index in [-0.39, 0.29) is 12.2 Å². The summed E-state index contributed by atoms with van der Waals surface area (Å²) >= 11 is 0. The molecule has 0 N–H and O–H groups in total. The molecule has 0 spiro atoms. The summed E-state index contributed by atoms with van der Waals surface area (Å²) < 4.78 is 21.8. The summed E-state index contributed by atoms with van der Waals surface area (Å²) in [4.78, 5) is 0. The molecule has 1 aliphatic carbocycles. The predicted octanol–water partition coefficient (Wildman–Crippen LogP) is 4.37. The maximum Gasteiger partial charge on any atom is 0.119 e. The van der Waals surface area contributed by atoms with E-state index in [0.29, 0.717) is 19.1 Å². The summed E-state index contributed by atoms with van der Waals surface area (Å²) in [6.07, 6.45) is 8.40. The Bertz CT molecular complexity index is 858. The van der Waals surface area contributed by atoms with E-state index in [1.165, 1.54) is 16.7 Å². The summed E-state index contributed by atoms with van der Waals surface area (Å²) in [6, 6.07) is 16.7. The number of rotatable bonds is 8. The molecule has 2 saturated heterocycles. The zero-order chi connectivity index (χ0) is 18.8. The Morgan fingerprint density at radius 2 is 1.36 bits per heavy atom. The smallest absolute Gasteiger partial charge is 0.119 e. The van der Waals surface area contributed by atoms with Gasteiger partial charge in [0.15, 0.2) is 0 Å². The van der Waals surface area contributed by atoms with Crippen molar-refractivity contribution >= 4 is 5.57 Å². The summed E-state index contributed by atoms with van der Waals surface area (Å²) in [6.45, 7) is 2.93. The van der Waals surface area contributed by atoms with Gasteiger partial charge in [-0.05, 0) is 47.4 Å². The lowest BCUT2D eigenvalue weighted by Crippen LogP contribution is -2.04. The van der Waals surface area contributed by atoms with Gasteiger partial charge in [-0.1, -0.05) is 42.5 Å². The van der Waals surface area contributed by atoms with E-state index in [4.69, 9.17) is 18.9 Å². The van der Waals surface area contributed by atoms with E-state index >= 15 is 0 Å². The first kappa shape index (κ1) is 17.5. The van der Waals surface area contributed by atoms with Crippen LogP contribution < -0.4 is 9.47 Å². The highest BCUT2D eigenvalue weighted by Crippen LogP contribution is 2.32. The van der Waals surface area contributed by atoms with Crippen LogP contribution in [0.2, 0.25) is 0 Å². The van der Waals surface area contributed by atoms with Crippen molar-refractivity contribution in [3.05, 3.63) is 77.9 Å². The van der Waals surface area contributed by atoms with Gasteiger partial charge in [0.1, 0.15) is 36.9 Å². The Balaban J connectivity index is 1.17. The maximum absolute atomic E-state index is 5.72. The second-order valence-corrected chi connectivity index (χ2v) is 7.49. The molecule has 3 unspecified atom stereocenters. The molecule has 3 atom stereocenters. The van der Waals surface area contributed by atoms with Gasteiger partial charge in [-0.2, -0.15) is 0 Å². The van der Waals surface area contributed by atoms with Crippen LogP contribution in [-0.2, 0) is 9.47 Å². The molecule has 2 aromatic rings. The van der Waals surface area contributed by atoms with Crippen LogP contribution in [0.4, 0.5) is 0 Å². The van der Waals surface area contributed by atoms with Crippen LogP contribution in [0.25, 0.3) is 5.57 Å². The van der Waals surface area contributed by atoms with Gasteiger partial charge in [0.25, 0.3) is 0 Å². The molecule has 2 heterocycles. The average molecular weight is 376 g/mol. The van der Waals surface area contributed by atoms with Crippen molar-refractivity contribution in [2.24, 2.45) is 0 Å². The second kappa shape index (κ2) is 7.82. The fourth-order valence-electron chi connectivity index (χ4n) is 3.34. The van der Waals surface area contributed by atoms with Gasteiger partial charge < -0.3 is 18.9 Å². The first-order valence-corrected chi connectivity index (χ1v) is 9.91. The molecule has 2 aliphatic heterocycles. The lowest BCUT2D eigenvalue weighted by atomic mass is 9.88. The van der Waals surface area contributed by atoms with Crippen molar-refractivity contribution in [2.75, 3.05) is 26.4 Å². The third-order valence-corrected chi connectivity index (χ3v) is 5.27. The molecule has 4 nitrogen and oxygen atoms in total. The zero-order valence-electron chi connectivity index (χ0n) is 15.8. The molecular weight excluding hydrogens is 352 g/mol. The number of ether oxygens (including phenoxy) is 4. The minimum absolute atomic E-state index is 0.286. The van der Waals surface area contributed by atoms with Crippen LogP contribution in [0.15, 0.2) is 66.8 Å². The van der Waals surface area contributed by atoms with Gasteiger partial charge in [-0.3, -0.25) is 0 Å². The molecule has 0 bridgehead atoms. The highest BCUT2D eigenvalue weighted by Gasteiger charge is 2.23. The third-order valence-electron chi connectivity index (χ3n) is 5.27. The van der Waals surface area contributed by atoms with E-state index in [0.717, 1.165) is 31.1 Å². The van der Waals surface area contributed by atoms with Gasteiger partial charge in [0.05, 0.1) is 13.2 Å². The van der Waals surface area contributed by atoms with E-state index in [2.05, 4.69) is 54.6 Å². The first-order chi connectivity index (χ1) is 13.8. The first-order valence-electron chi connectivity index (χ1n) is 9.91. The number of allylic oxidation sites excluding steroid dienone is 4. The van der Waals surface area contributed by atoms with Crippen molar-refractivity contribution in [1.29, 1.82) is 0 Å². The molecule has 3 aliphatic rings. The third kappa shape index (κ3) is 4.46. The van der Waals surface area contributed by atoms with Crippen molar-refractivity contribution in [3.8, 4) is 11.5 Å². The molecule has 28 heavy (non-hydrogen) atoms. The normalized spacial score (nSPS) is 25.1. The van der Waals surface area contributed by atoms with E-state index in [1.807, 2.05) is 12.1 Å². The molecule has 2 fully saturated rings. The van der Waals surface area contributed by atoms with Gasteiger partial charge in [0, 0.05) is 5.92 Å². The minimum atomic E-state index is 0.286. The molecule has 5 rings (SSSR count). The minimum Gasteiger partial charge on any atom is -0.491 e. The van der Waals surface area contributed by atoms with Gasteiger partial charge >= 0.3 is 0 Å². The van der Waals surface area contributed by atoms with E-state index in [1.54, 1.807) is 0 Å². The molecule has 4 heteroatoms. The monoisotopic (exact) mass is 376 g/mol. The lowest BCUT2D eigenvalue weighted by molar-refractivity contribution is 0.263. The topological polar surface area (TPSA) is 43.5 Å². The molecule has 144 valence electrons. The Morgan fingerprint density at radius 1 is 0.786 bits per heavy atom. The Labute approximate surface area is 165 Å². The Morgan fingerprint density at radius 3 is 1.86 bits per heavy atom. The van der Waals surface area contributed by atoms with Crippen LogP contribution in [0.5, 0.6) is 11.5 Å². The van der Waals surface area contributed by atoms with Crippen LogP contribution in [0.3, 0.4) is 0 Å². The van der Waals surface area contributed by atoms with Crippen LogP contribution in [0.1, 0.15) is 23.5 Å². The van der Waals surface area contributed by atoms with Crippen LogP contribution >= 0.6 is 0 Å². The second-order valence-electron chi connectivity index (χ2n) is 7.49. The number of epoxide rings is 2. The summed E-state index contributed by atoms with van der Waals surface area (Å²) in [5.41, 5.74) is 3.79. The molecule has 2 aromatic carbocycles. The highest BCUT2D eigenvalue weighted by molar-refractivity contribution is 5.75. The van der Waals surface area contributed by atoms with E-state index in [9.17, 15) is 0 Å².